The number of aliphatic hydroxyl groups is 1. The van der Waals surface area contributed by atoms with Crippen LogP contribution in [0.5, 0.6) is 0 Å². The van der Waals surface area contributed by atoms with E-state index < -0.39 is 5.69 Å². The summed E-state index contributed by atoms with van der Waals surface area (Å²) in [5.74, 6) is 0.528. The molecule has 1 fully saturated rings. The van der Waals surface area contributed by atoms with Gasteiger partial charge >= 0.3 is 5.69 Å². The molecule has 0 bridgehead atoms. The van der Waals surface area contributed by atoms with Gasteiger partial charge in [0.05, 0.1) is 12.6 Å². The number of rotatable bonds is 4. The Labute approximate surface area is 178 Å². The Hall–Kier alpha value is -3.33. The third-order valence-corrected chi connectivity index (χ3v) is 6.26. The first-order valence-electron chi connectivity index (χ1n) is 10.5. The third-order valence-electron chi connectivity index (χ3n) is 6.26. The van der Waals surface area contributed by atoms with Crippen LogP contribution in [0.2, 0.25) is 0 Å². The molecule has 5 rings (SSSR count). The summed E-state index contributed by atoms with van der Waals surface area (Å²) in [4.78, 5) is 34.1. The van der Waals surface area contributed by atoms with Gasteiger partial charge in [-0.3, -0.25) is 13.9 Å². The number of aryl methyl sites for hydroxylation is 3. The largest absolute Gasteiger partial charge is 0.393 e. The van der Waals surface area contributed by atoms with Crippen LogP contribution in [0.4, 0.5) is 5.95 Å². The van der Waals surface area contributed by atoms with Crippen molar-refractivity contribution in [3.8, 4) is 0 Å². The summed E-state index contributed by atoms with van der Waals surface area (Å²) in [6, 6.07) is 8.16. The molecule has 9 nitrogen and oxygen atoms in total. The number of benzene rings is 1. The van der Waals surface area contributed by atoms with Gasteiger partial charge in [0, 0.05) is 31.3 Å². The van der Waals surface area contributed by atoms with Gasteiger partial charge in [-0.05, 0) is 49.8 Å². The van der Waals surface area contributed by atoms with Crippen LogP contribution in [-0.4, -0.2) is 40.9 Å². The highest BCUT2D eigenvalue weighted by Gasteiger charge is 2.25. The Balaban J connectivity index is 1.57. The van der Waals surface area contributed by atoms with Gasteiger partial charge in [-0.15, -0.1) is 0 Å². The van der Waals surface area contributed by atoms with E-state index >= 15 is 0 Å². The normalized spacial score (nSPS) is 19.0. The Morgan fingerprint density at radius 3 is 2.74 bits per heavy atom. The summed E-state index contributed by atoms with van der Waals surface area (Å²) < 4.78 is 4.36. The number of aromatic amines is 1. The average molecular weight is 422 g/mol. The van der Waals surface area contributed by atoms with E-state index in [1.807, 2.05) is 25.1 Å². The number of H-pyrrole nitrogens is 1. The zero-order valence-electron chi connectivity index (χ0n) is 17.8. The van der Waals surface area contributed by atoms with Crippen molar-refractivity contribution in [2.24, 2.45) is 14.1 Å². The maximum Gasteiger partial charge on any atom is 0.332 e. The molecular formula is C22H26N6O3. The van der Waals surface area contributed by atoms with Crippen molar-refractivity contribution in [1.82, 2.24) is 23.7 Å². The molecule has 162 valence electrons. The van der Waals surface area contributed by atoms with E-state index in [4.69, 9.17) is 0 Å². The van der Waals surface area contributed by atoms with E-state index in [2.05, 4.69) is 21.4 Å². The predicted molar refractivity (Wildman–Crippen MR) is 120 cm³/mol. The van der Waals surface area contributed by atoms with Crippen molar-refractivity contribution in [3.05, 3.63) is 56.4 Å². The second-order valence-electron chi connectivity index (χ2n) is 8.59. The van der Waals surface area contributed by atoms with Gasteiger partial charge in [-0.25, -0.2) is 4.79 Å². The molecule has 2 atom stereocenters. The number of hydrogen-bond donors (Lipinski definition) is 3. The van der Waals surface area contributed by atoms with Gasteiger partial charge in [0.15, 0.2) is 11.2 Å². The minimum atomic E-state index is -0.409. The maximum atomic E-state index is 13.3. The fourth-order valence-electron chi connectivity index (χ4n) is 4.55. The number of imidazole rings is 1. The first kappa shape index (κ1) is 19.6. The Morgan fingerprint density at radius 2 is 2.00 bits per heavy atom. The molecular weight excluding hydrogens is 396 g/mol. The van der Waals surface area contributed by atoms with E-state index in [-0.39, 0.29) is 24.2 Å². The van der Waals surface area contributed by atoms with Gasteiger partial charge in [0.1, 0.15) is 0 Å². The molecule has 4 aromatic rings. The SMILES string of the molecule is Cc1ccc2[nH]c(Cn3c(=O)c4c(nc(N[C@H]5CC[C@@H](O)C5)n4C)n(C)c3=O)cc2c1. The molecule has 1 aromatic carbocycles. The zero-order valence-corrected chi connectivity index (χ0v) is 17.8. The highest BCUT2D eigenvalue weighted by molar-refractivity contribution is 5.81. The molecule has 1 saturated carbocycles. The molecule has 0 spiro atoms. The highest BCUT2D eigenvalue weighted by Crippen LogP contribution is 2.24. The number of nitrogens with one attached hydrogen (secondary N) is 2. The summed E-state index contributed by atoms with van der Waals surface area (Å²) in [6.45, 7) is 2.18. The molecule has 31 heavy (non-hydrogen) atoms. The van der Waals surface area contributed by atoms with Crippen LogP contribution >= 0.6 is 0 Å². The van der Waals surface area contributed by atoms with Crippen LogP contribution in [0.1, 0.15) is 30.5 Å². The molecule has 0 radical (unpaired) electrons. The van der Waals surface area contributed by atoms with Crippen LogP contribution < -0.4 is 16.6 Å². The lowest BCUT2D eigenvalue weighted by Crippen LogP contribution is -2.39. The maximum absolute atomic E-state index is 13.3. The van der Waals surface area contributed by atoms with Crippen molar-refractivity contribution in [2.45, 2.75) is 44.9 Å². The van der Waals surface area contributed by atoms with Crippen LogP contribution in [0, 0.1) is 6.92 Å². The zero-order chi connectivity index (χ0) is 21.9. The Morgan fingerprint density at radius 1 is 1.19 bits per heavy atom. The van der Waals surface area contributed by atoms with Crippen LogP contribution in [0.15, 0.2) is 33.9 Å². The van der Waals surface area contributed by atoms with E-state index in [0.29, 0.717) is 23.5 Å². The van der Waals surface area contributed by atoms with Crippen LogP contribution in [-0.2, 0) is 20.6 Å². The van der Waals surface area contributed by atoms with E-state index in [9.17, 15) is 14.7 Å². The summed E-state index contributed by atoms with van der Waals surface area (Å²) in [6.07, 6.45) is 1.92. The molecule has 9 heteroatoms. The fraction of sp³-hybridized carbons (Fsp3) is 0.409. The van der Waals surface area contributed by atoms with Crippen molar-refractivity contribution >= 4 is 28.0 Å². The average Bonchev–Trinajstić information content (AvgIpc) is 3.41. The summed E-state index contributed by atoms with van der Waals surface area (Å²) >= 11 is 0. The predicted octanol–water partition coefficient (Wildman–Crippen LogP) is 1.60. The number of aromatic nitrogens is 5. The lowest BCUT2D eigenvalue weighted by Gasteiger charge is -2.12. The topological polar surface area (TPSA) is 110 Å². The second-order valence-corrected chi connectivity index (χ2v) is 8.59. The molecule has 1 aliphatic rings. The van der Waals surface area contributed by atoms with Crippen molar-refractivity contribution in [1.29, 1.82) is 0 Å². The minimum Gasteiger partial charge on any atom is -0.393 e. The Kier molecular flexibility index (Phi) is 4.51. The first-order valence-corrected chi connectivity index (χ1v) is 10.5. The third kappa shape index (κ3) is 3.25. The monoisotopic (exact) mass is 422 g/mol. The molecule has 0 aliphatic heterocycles. The first-order chi connectivity index (χ1) is 14.8. The molecule has 0 saturated heterocycles. The smallest absolute Gasteiger partial charge is 0.332 e. The molecule has 3 N–H and O–H groups in total. The van der Waals surface area contributed by atoms with Gasteiger partial charge in [-0.1, -0.05) is 11.6 Å². The van der Waals surface area contributed by atoms with E-state index in [1.54, 1.807) is 18.7 Å². The molecule has 0 unspecified atom stereocenters. The van der Waals surface area contributed by atoms with Crippen molar-refractivity contribution in [2.75, 3.05) is 5.32 Å². The Bertz CT molecular complexity index is 1420. The van der Waals surface area contributed by atoms with E-state index in [1.165, 1.54) is 9.13 Å². The fourth-order valence-corrected chi connectivity index (χ4v) is 4.55. The van der Waals surface area contributed by atoms with Crippen molar-refractivity contribution < 1.29 is 5.11 Å². The van der Waals surface area contributed by atoms with Crippen molar-refractivity contribution in [3.63, 3.8) is 0 Å². The lowest BCUT2D eigenvalue weighted by molar-refractivity contribution is 0.182. The summed E-state index contributed by atoms with van der Waals surface area (Å²) in [5.41, 5.74) is 2.85. The van der Waals surface area contributed by atoms with E-state index in [0.717, 1.165) is 35.0 Å². The number of anilines is 1. The second kappa shape index (κ2) is 7.12. The molecule has 3 aromatic heterocycles. The number of aliphatic hydroxyl groups excluding tert-OH is 1. The van der Waals surface area contributed by atoms with Gasteiger partial charge < -0.3 is 20.0 Å². The number of nitrogens with zero attached hydrogens (tertiary/aromatic N) is 4. The summed E-state index contributed by atoms with van der Waals surface area (Å²) in [5, 5.41) is 14.2. The van der Waals surface area contributed by atoms with Crippen LogP contribution in [0.25, 0.3) is 22.1 Å². The lowest BCUT2D eigenvalue weighted by atomic mass is 10.2. The van der Waals surface area contributed by atoms with Gasteiger partial charge in [-0.2, -0.15) is 4.98 Å². The van der Waals surface area contributed by atoms with Gasteiger partial charge in [0.25, 0.3) is 5.56 Å². The molecule has 1 aliphatic carbocycles. The highest BCUT2D eigenvalue weighted by atomic mass is 16.3. The summed E-state index contributed by atoms with van der Waals surface area (Å²) in [7, 11) is 3.40. The van der Waals surface area contributed by atoms with Crippen LogP contribution in [0.3, 0.4) is 0 Å². The number of hydrogen-bond acceptors (Lipinski definition) is 5. The standard InChI is InChI=1S/C22H26N6O3/c1-12-4-7-17-13(8-12)9-15(23-17)11-28-20(30)18-19(27(3)22(28)31)25-21(26(18)2)24-14-5-6-16(29)10-14/h4,7-9,14,16,23,29H,5-6,10-11H2,1-3H3,(H,24,25)/t14-,16+/m0/s1. The quantitative estimate of drug-likeness (QED) is 0.463. The number of fused-ring (bicyclic) bond motifs is 2. The van der Waals surface area contributed by atoms with Gasteiger partial charge in [0.2, 0.25) is 5.95 Å². The molecule has 3 heterocycles. The molecule has 0 amide bonds. The minimum absolute atomic E-state index is 0.0968.